The van der Waals surface area contributed by atoms with Crippen LogP contribution in [-0.2, 0) is 0 Å². The Kier molecular flexibility index (Phi) is 3.40. The predicted molar refractivity (Wildman–Crippen MR) is 69.3 cm³/mol. The van der Waals surface area contributed by atoms with E-state index in [-0.39, 0.29) is 0 Å². The highest BCUT2D eigenvalue weighted by atomic mass is 35.5. The number of anilines is 1. The van der Waals surface area contributed by atoms with Crippen LogP contribution in [0.5, 0.6) is 0 Å². The van der Waals surface area contributed by atoms with Gasteiger partial charge >= 0.3 is 0 Å². The van der Waals surface area contributed by atoms with E-state index in [1.807, 2.05) is 0 Å². The van der Waals surface area contributed by atoms with Crippen molar-refractivity contribution in [1.29, 1.82) is 0 Å². The highest BCUT2D eigenvalue weighted by molar-refractivity contribution is 7.16. The fourth-order valence-electron chi connectivity index (χ4n) is 1.42. The van der Waals surface area contributed by atoms with Gasteiger partial charge < -0.3 is 10.8 Å². The zero-order valence-corrected chi connectivity index (χ0v) is 10.5. The number of nitrogen functional groups attached to an aromatic ring is 1. The zero-order chi connectivity index (χ0) is 11.7. The quantitative estimate of drug-likeness (QED) is 0.820. The van der Waals surface area contributed by atoms with Crippen molar-refractivity contribution in [2.75, 3.05) is 5.73 Å². The fourth-order valence-corrected chi connectivity index (χ4v) is 2.67. The van der Waals surface area contributed by atoms with Gasteiger partial charge in [0.15, 0.2) is 0 Å². The first-order valence-corrected chi connectivity index (χ1v) is 6.13. The highest BCUT2D eigenvalue weighted by Gasteiger charge is 2.15. The van der Waals surface area contributed by atoms with Crippen LogP contribution in [0.25, 0.3) is 0 Å². The summed E-state index contributed by atoms with van der Waals surface area (Å²) in [5.41, 5.74) is 6.91. The third kappa shape index (κ3) is 2.33. The molecule has 2 nitrogen and oxygen atoms in total. The maximum absolute atomic E-state index is 10.1. The molecular weight excluding hydrogens is 265 g/mol. The van der Waals surface area contributed by atoms with Crippen molar-refractivity contribution in [2.45, 2.75) is 6.10 Å². The summed E-state index contributed by atoms with van der Waals surface area (Å²) >= 11 is 12.9. The molecule has 0 saturated carbocycles. The lowest BCUT2D eigenvalue weighted by Gasteiger charge is -2.11. The largest absolute Gasteiger partial charge is 0.398 e. The smallest absolute Gasteiger partial charge is 0.115 e. The summed E-state index contributed by atoms with van der Waals surface area (Å²) in [5, 5.41) is 10.7. The van der Waals surface area contributed by atoms with Gasteiger partial charge in [0.2, 0.25) is 0 Å². The number of thiophene rings is 1. The fraction of sp³-hybridized carbons (Fsp3) is 0.0909. The van der Waals surface area contributed by atoms with Crippen LogP contribution < -0.4 is 5.73 Å². The third-order valence-corrected chi connectivity index (χ3v) is 3.73. The molecule has 5 heteroatoms. The van der Waals surface area contributed by atoms with Crippen molar-refractivity contribution < 1.29 is 5.11 Å². The van der Waals surface area contributed by atoms with Crippen LogP contribution in [0.2, 0.25) is 9.36 Å². The molecule has 1 heterocycles. The molecule has 1 atom stereocenters. The Morgan fingerprint density at radius 3 is 2.50 bits per heavy atom. The van der Waals surface area contributed by atoms with Crippen molar-refractivity contribution >= 4 is 40.2 Å². The molecule has 2 rings (SSSR count). The molecule has 0 aliphatic rings. The molecule has 1 unspecified atom stereocenters. The molecule has 16 heavy (non-hydrogen) atoms. The van der Waals surface area contributed by atoms with Crippen molar-refractivity contribution in [3.05, 3.63) is 50.1 Å². The van der Waals surface area contributed by atoms with Gasteiger partial charge in [0.1, 0.15) is 6.10 Å². The summed E-state index contributed by atoms with van der Waals surface area (Å²) in [6.45, 7) is 0. The van der Waals surface area contributed by atoms with E-state index in [1.165, 1.54) is 11.3 Å². The molecule has 3 N–H and O–H groups in total. The Balaban J connectivity index is 2.37. The van der Waals surface area contributed by atoms with Gasteiger partial charge in [0, 0.05) is 21.2 Å². The molecule has 0 aliphatic carbocycles. The van der Waals surface area contributed by atoms with Crippen LogP contribution in [0, 0.1) is 0 Å². The number of nitrogens with two attached hydrogens (primary N) is 1. The van der Waals surface area contributed by atoms with Crippen LogP contribution in [-0.4, -0.2) is 5.11 Å². The molecule has 2 aromatic rings. The molecule has 0 amide bonds. The molecule has 1 aromatic heterocycles. The summed E-state index contributed by atoms with van der Waals surface area (Å²) in [6.07, 6.45) is -0.755. The summed E-state index contributed by atoms with van der Waals surface area (Å²) in [5.74, 6) is 0. The highest BCUT2D eigenvalue weighted by Crippen LogP contribution is 2.34. The van der Waals surface area contributed by atoms with E-state index in [9.17, 15) is 5.11 Å². The van der Waals surface area contributed by atoms with Crippen LogP contribution in [0.1, 0.15) is 16.5 Å². The van der Waals surface area contributed by atoms with E-state index in [4.69, 9.17) is 28.9 Å². The number of aliphatic hydroxyl groups is 1. The van der Waals surface area contributed by atoms with E-state index < -0.39 is 6.10 Å². The zero-order valence-electron chi connectivity index (χ0n) is 8.15. The Hall–Kier alpha value is -0.740. The standard InChI is InChI=1S/C11H9Cl2NOS/c12-6-1-2-7(8(14)5-6)11(15)9-3-4-10(13)16-9/h1-5,11,15H,14H2. The second kappa shape index (κ2) is 4.63. The first kappa shape index (κ1) is 11.7. The Labute approximate surface area is 107 Å². The lowest BCUT2D eigenvalue weighted by atomic mass is 10.1. The van der Waals surface area contributed by atoms with Crippen molar-refractivity contribution in [3.8, 4) is 0 Å². The SMILES string of the molecule is Nc1cc(Cl)ccc1C(O)c1ccc(Cl)s1. The van der Waals surface area contributed by atoms with Gasteiger partial charge in [-0.25, -0.2) is 0 Å². The second-order valence-electron chi connectivity index (χ2n) is 3.32. The molecule has 0 saturated heterocycles. The van der Waals surface area contributed by atoms with E-state index in [0.29, 0.717) is 20.6 Å². The molecule has 0 spiro atoms. The van der Waals surface area contributed by atoms with Crippen LogP contribution in [0.3, 0.4) is 0 Å². The second-order valence-corrected chi connectivity index (χ2v) is 5.50. The molecule has 84 valence electrons. The maximum Gasteiger partial charge on any atom is 0.115 e. The number of aliphatic hydroxyl groups excluding tert-OH is 1. The topological polar surface area (TPSA) is 46.2 Å². The van der Waals surface area contributed by atoms with Crippen molar-refractivity contribution in [3.63, 3.8) is 0 Å². The number of benzene rings is 1. The van der Waals surface area contributed by atoms with Crippen LogP contribution >= 0.6 is 34.5 Å². The number of hydrogen-bond donors (Lipinski definition) is 2. The molecule has 0 bridgehead atoms. The Bertz CT molecular complexity index is 512. The van der Waals surface area contributed by atoms with Crippen LogP contribution in [0.4, 0.5) is 5.69 Å². The van der Waals surface area contributed by atoms with Crippen LogP contribution in [0.15, 0.2) is 30.3 Å². The summed E-state index contributed by atoms with van der Waals surface area (Å²) in [6, 6.07) is 8.57. The molecule has 0 fully saturated rings. The molecule has 0 aliphatic heterocycles. The lowest BCUT2D eigenvalue weighted by Crippen LogP contribution is -2.01. The average molecular weight is 274 g/mol. The van der Waals surface area contributed by atoms with Crippen molar-refractivity contribution in [1.82, 2.24) is 0 Å². The number of hydrogen-bond acceptors (Lipinski definition) is 3. The van der Waals surface area contributed by atoms with Gasteiger partial charge in [0.05, 0.1) is 4.34 Å². The predicted octanol–water partition coefficient (Wildman–Crippen LogP) is 3.72. The lowest BCUT2D eigenvalue weighted by molar-refractivity contribution is 0.225. The molecular formula is C11H9Cl2NOS. The van der Waals surface area contributed by atoms with E-state index in [0.717, 1.165) is 4.88 Å². The molecule has 0 radical (unpaired) electrons. The van der Waals surface area contributed by atoms with Gasteiger partial charge in [-0.2, -0.15) is 0 Å². The Morgan fingerprint density at radius 1 is 1.19 bits per heavy atom. The first-order valence-electron chi connectivity index (χ1n) is 4.56. The minimum Gasteiger partial charge on any atom is -0.398 e. The van der Waals surface area contributed by atoms with Gasteiger partial charge in [-0.05, 0) is 24.3 Å². The first-order chi connectivity index (χ1) is 7.58. The molecule has 1 aromatic carbocycles. The van der Waals surface area contributed by atoms with Crippen molar-refractivity contribution in [2.24, 2.45) is 0 Å². The Morgan fingerprint density at radius 2 is 1.94 bits per heavy atom. The maximum atomic E-state index is 10.1. The number of halogens is 2. The summed E-state index contributed by atoms with van der Waals surface area (Å²) in [4.78, 5) is 0.763. The van der Waals surface area contributed by atoms with Gasteiger partial charge in [-0.1, -0.05) is 29.3 Å². The normalized spacial score (nSPS) is 12.7. The number of rotatable bonds is 2. The summed E-state index contributed by atoms with van der Waals surface area (Å²) in [7, 11) is 0. The van der Waals surface area contributed by atoms with E-state index in [2.05, 4.69) is 0 Å². The monoisotopic (exact) mass is 273 g/mol. The van der Waals surface area contributed by atoms with Gasteiger partial charge in [0.25, 0.3) is 0 Å². The van der Waals surface area contributed by atoms with E-state index >= 15 is 0 Å². The minimum absolute atomic E-state index is 0.476. The van der Waals surface area contributed by atoms with Gasteiger partial charge in [-0.3, -0.25) is 0 Å². The average Bonchev–Trinajstić information content (AvgIpc) is 2.64. The minimum atomic E-state index is -0.755. The third-order valence-electron chi connectivity index (χ3n) is 2.21. The summed E-state index contributed by atoms with van der Waals surface area (Å²) < 4.78 is 0.640. The van der Waals surface area contributed by atoms with Gasteiger partial charge in [-0.15, -0.1) is 11.3 Å². The van der Waals surface area contributed by atoms with E-state index in [1.54, 1.807) is 30.3 Å².